The van der Waals surface area contributed by atoms with Crippen molar-refractivity contribution in [3.63, 3.8) is 0 Å². The fraction of sp³-hybridized carbons (Fsp3) is 0.500. The summed E-state index contributed by atoms with van der Waals surface area (Å²) in [6.07, 6.45) is 2.94. The van der Waals surface area contributed by atoms with Gasteiger partial charge >= 0.3 is 0 Å². The van der Waals surface area contributed by atoms with Crippen LogP contribution < -0.4 is 15.4 Å². The van der Waals surface area contributed by atoms with Gasteiger partial charge in [0, 0.05) is 17.9 Å². The molecule has 0 saturated carbocycles. The van der Waals surface area contributed by atoms with E-state index in [0.29, 0.717) is 17.9 Å². The van der Waals surface area contributed by atoms with E-state index in [1.54, 1.807) is 24.3 Å². The first-order valence-corrected chi connectivity index (χ1v) is 8.78. The summed E-state index contributed by atoms with van der Waals surface area (Å²) < 4.78 is 24.6. The summed E-state index contributed by atoms with van der Waals surface area (Å²) in [6, 6.07) is 6.62. The summed E-state index contributed by atoms with van der Waals surface area (Å²) >= 11 is 0. The van der Waals surface area contributed by atoms with Crippen LogP contribution in [-0.2, 0) is 14.8 Å². The summed E-state index contributed by atoms with van der Waals surface area (Å²) in [5, 5.41) is 6.13. The zero-order chi connectivity index (χ0) is 15.5. The van der Waals surface area contributed by atoms with Gasteiger partial charge < -0.3 is 10.6 Å². The average Bonchev–Trinajstić information content (AvgIpc) is 2.40. The normalized spacial score (nSPS) is 22.6. The van der Waals surface area contributed by atoms with Crippen LogP contribution in [-0.4, -0.2) is 33.7 Å². The number of carbonyl (C=O) groups is 1. The Morgan fingerprint density at radius 1 is 1.24 bits per heavy atom. The van der Waals surface area contributed by atoms with E-state index >= 15 is 0 Å². The average molecular weight is 311 g/mol. The Kier molecular flexibility index (Phi) is 4.53. The van der Waals surface area contributed by atoms with E-state index in [4.69, 9.17) is 0 Å². The van der Waals surface area contributed by atoms with E-state index in [-0.39, 0.29) is 5.91 Å². The van der Waals surface area contributed by atoms with Crippen LogP contribution >= 0.6 is 0 Å². The summed E-state index contributed by atoms with van der Waals surface area (Å²) in [5.41, 5.74) is 0.731. The van der Waals surface area contributed by atoms with Gasteiger partial charge in [0.25, 0.3) is 0 Å². The van der Waals surface area contributed by atoms with Crippen LogP contribution in [0.25, 0.3) is 0 Å². The standard InChI is InChI=1S/C14H21N3O3S/c1-14(8-3-9-15-10-14)13(18)16-11-4-6-12(7-5-11)17-21(2,19)20/h4-7,15,17H,3,8-10H2,1-2H3,(H,16,18). The van der Waals surface area contributed by atoms with Crippen LogP contribution in [0.4, 0.5) is 11.4 Å². The minimum absolute atomic E-state index is 0.0153. The molecule has 0 bridgehead atoms. The predicted octanol–water partition coefficient (Wildman–Crippen LogP) is 1.39. The topological polar surface area (TPSA) is 87.3 Å². The van der Waals surface area contributed by atoms with E-state index in [1.165, 1.54) is 0 Å². The minimum atomic E-state index is -3.29. The maximum atomic E-state index is 12.3. The third-order valence-corrected chi connectivity index (χ3v) is 4.20. The quantitative estimate of drug-likeness (QED) is 0.784. The molecule has 1 unspecified atom stereocenters. The lowest BCUT2D eigenvalue weighted by atomic mass is 9.82. The lowest BCUT2D eigenvalue weighted by Gasteiger charge is -2.32. The molecule has 1 aliphatic heterocycles. The van der Waals surface area contributed by atoms with Crippen LogP contribution in [0.15, 0.2) is 24.3 Å². The Morgan fingerprint density at radius 3 is 2.38 bits per heavy atom. The van der Waals surface area contributed by atoms with Crippen molar-refractivity contribution >= 4 is 27.3 Å². The number of anilines is 2. The van der Waals surface area contributed by atoms with Crippen molar-refractivity contribution in [3.05, 3.63) is 24.3 Å². The highest BCUT2D eigenvalue weighted by molar-refractivity contribution is 7.92. The largest absolute Gasteiger partial charge is 0.326 e. The van der Waals surface area contributed by atoms with Crippen molar-refractivity contribution in [1.82, 2.24) is 5.32 Å². The molecule has 21 heavy (non-hydrogen) atoms. The van der Waals surface area contributed by atoms with Crippen LogP contribution in [0, 0.1) is 5.41 Å². The molecule has 0 radical (unpaired) electrons. The molecule has 2 rings (SSSR count). The van der Waals surface area contributed by atoms with E-state index in [0.717, 1.165) is 25.6 Å². The van der Waals surface area contributed by atoms with Gasteiger partial charge in [0.2, 0.25) is 15.9 Å². The fourth-order valence-corrected chi connectivity index (χ4v) is 2.93. The number of amides is 1. The smallest absolute Gasteiger partial charge is 0.231 e. The van der Waals surface area contributed by atoms with Crippen LogP contribution in [0.1, 0.15) is 19.8 Å². The van der Waals surface area contributed by atoms with Crippen LogP contribution in [0.2, 0.25) is 0 Å². The number of rotatable bonds is 4. The van der Waals surface area contributed by atoms with Gasteiger partial charge in [0.15, 0.2) is 0 Å². The molecule has 1 aliphatic rings. The molecule has 7 heteroatoms. The van der Waals surface area contributed by atoms with Gasteiger partial charge in [-0.3, -0.25) is 9.52 Å². The SMILES string of the molecule is CC1(C(=O)Nc2ccc(NS(C)(=O)=O)cc2)CCCNC1. The first kappa shape index (κ1) is 15.8. The number of piperidine rings is 1. The van der Waals surface area contributed by atoms with Crippen LogP contribution in [0.3, 0.4) is 0 Å². The Morgan fingerprint density at radius 2 is 1.86 bits per heavy atom. The molecule has 1 amide bonds. The van der Waals surface area contributed by atoms with Crippen molar-refractivity contribution in [2.75, 3.05) is 29.4 Å². The molecule has 0 aromatic heterocycles. The number of carbonyl (C=O) groups excluding carboxylic acids is 1. The number of hydrogen-bond acceptors (Lipinski definition) is 4. The second-order valence-corrected chi connectivity index (χ2v) is 7.50. The van der Waals surface area contributed by atoms with Gasteiger partial charge in [0.1, 0.15) is 0 Å². The molecule has 116 valence electrons. The summed E-state index contributed by atoms with van der Waals surface area (Å²) in [4.78, 5) is 12.3. The number of nitrogens with one attached hydrogen (secondary N) is 3. The summed E-state index contributed by atoms with van der Waals surface area (Å²) in [7, 11) is -3.29. The second-order valence-electron chi connectivity index (χ2n) is 5.75. The molecule has 1 aromatic carbocycles. The predicted molar refractivity (Wildman–Crippen MR) is 83.7 cm³/mol. The molecule has 1 aromatic rings. The molecule has 1 saturated heterocycles. The zero-order valence-corrected chi connectivity index (χ0v) is 13.1. The summed E-state index contributed by atoms with van der Waals surface area (Å²) in [5.74, 6) is -0.0153. The molecule has 1 fully saturated rings. The molecule has 0 aliphatic carbocycles. The van der Waals surface area contributed by atoms with Gasteiger partial charge in [-0.05, 0) is 50.6 Å². The number of sulfonamides is 1. The third-order valence-electron chi connectivity index (χ3n) is 3.59. The van der Waals surface area contributed by atoms with E-state index in [1.807, 2.05) is 6.92 Å². The van der Waals surface area contributed by atoms with E-state index in [2.05, 4.69) is 15.4 Å². The highest BCUT2D eigenvalue weighted by Crippen LogP contribution is 2.27. The van der Waals surface area contributed by atoms with Crippen LogP contribution in [0.5, 0.6) is 0 Å². The minimum Gasteiger partial charge on any atom is -0.326 e. The van der Waals surface area contributed by atoms with Gasteiger partial charge in [0.05, 0.1) is 11.7 Å². The lowest BCUT2D eigenvalue weighted by Crippen LogP contribution is -2.46. The second kappa shape index (κ2) is 6.03. The molecule has 1 heterocycles. The van der Waals surface area contributed by atoms with E-state index < -0.39 is 15.4 Å². The Hall–Kier alpha value is -1.60. The van der Waals surface area contributed by atoms with Crippen molar-refractivity contribution in [3.8, 4) is 0 Å². The highest BCUT2D eigenvalue weighted by Gasteiger charge is 2.34. The Labute approximate surface area is 125 Å². The first-order chi connectivity index (χ1) is 9.78. The molecule has 0 spiro atoms. The fourth-order valence-electron chi connectivity index (χ4n) is 2.37. The van der Waals surface area contributed by atoms with Crippen molar-refractivity contribution < 1.29 is 13.2 Å². The third kappa shape index (κ3) is 4.44. The van der Waals surface area contributed by atoms with Gasteiger partial charge in [-0.25, -0.2) is 8.42 Å². The number of benzene rings is 1. The first-order valence-electron chi connectivity index (χ1n) is 6.89. The van der Waals surface area contributed by atoms with Gasteiger partial charge in [-0.15, -0.1) is 0 Å². The maximum Gasteiger partial charge on any atom is 0.231 e. The maximum absolute atomic E-state index is 12.3. The molecule has 3 N–H and O–H groups in total. The van der Waals surface area contributed by atoms with Gasteiger partial charge in [-0.1, -0.05) is 0 Å². The van der Waals surface area contributed by atoms with Crippen molar-refractivity contribution in [2.45, 2.75) is 19.8 Å². The molecular weight excluding hydrogens is 290 g/mol. The molecule has 1 atom stereocenters. The monoisotopic (exact) mass is 311 g/mol. The lowest BCUT2D eigenvalue weighted by molar-refractivity contribution is -0.125. The summed E-state index contributed by atoms with van der Waals surface area (Å²) in [6.45, 7) is 3.58. The highest BCUT2D eigenvalue weighted by atomic mass is 32.2. The Balaban J connectivity index is 2.01. The Bertz CT molecular complexity index is 605. The van der Waals surface area contributed by atoms with Crippen molar-refractivity contribution in [2.24, 2.45) is 5.41 Å². The zero-order valence-electron chi connectivity index (χ0n) is 12.3. The van der Waals surface area contributed by atoms with Crippen molar-refractivity contribution in [1.29, 1.82) is 0 Å². The van der Waals surface area contributed by atoms with E-state index in [9.17, 15) is 13.2 Å². The number of hydrogen-bond donors (Lipinski definition) is 3. The molecule has 6 nitrogen and oxygen atoms in total. The molecular formula is C14H21N3O3S. The van der Waals surface area contributed by atoms with Gasteiger partial charge in [-0.2, -0.15) is 0 Å².